The fourth-order valence-corrected chi connectivity index (χ4v) is 3.74. The van der Waals surface area contributed by atoms with Gasteiger partial charge in [0.25, 0.3) is 0 Å². The van der Waals surface area contributed by atoms with Gasteiger partial charge < -0.3 is 4.90 Å². The average molecular weight is 357 g/mol. The molecule has 6 nitrogen and oxygen atoms in total. The van der Waals surface area contributed by atoms with Crippen molar-refractivity contribution in [2.45, 2.75) is 46.7 Å². The molecule has 0 N–H and O–H groups in total. The smallest absolute Gasteiger partial charge is 0.168 e. The van der Waals surface area contributed by atoms with Gasteiger partial charge in [-0.25, -0.2) is 4.68 Å². The number of piperazine rings is 1. The van der Waals surface area contributed by atoms with Gasteiger partial charge in [0.2, 0.25) is 0 Å². The van der Waals surface area contributed by atoms with Gasteiger partial charge in [0.15, 0.2) is 5.82 Å². The zero-order valence-corrected chi connectivity index (χ0v) is 16.5. The molecular formula is C20H32N6. The van der Waals surface area contributed by atoms with Gasteiger partial charge in [-0.1, -0.05) is 45.9 Å². The zero-order chi connectivity index (χ0) is 18.5. The molecule has 2 aromatic rings. The van der Waals surface area contributed by atoms with Crippen LogP contribution in [-0.4, -0.2) is 51.3 Å². The highest BCUT2D eigenvalue weighted by molar-refractivity contribution is 5.46. The maximum absolute atomic E-state index is 4.41. The minimum Gasteiger partial charge on any atom is -0.369 e. The topological polar surface area (TPSA) is 50.1 Å². The van der Waals surface area contributed by atoms with Crippen LogP contribution in [0.3, 0.4) is 0 Å². The van der Waals surface area contributed by atoms with Crippen molar-refractivity contribution in [1.29, 1.82) is 0 Å². The Kier molecular flexibility index (Phi) is 6.25. The number of hydrogen-bond donors (Lipinski definition) is 0. The minimum absolute atomic E-state index is 0.273. The molecule has 1 aromatic heterocycles. The molecule has 26 heavy (non-hydrogen) atoms. The Labute approximate surface area is 157 Å². The van der Waals surface area contributed by atoms with E-state index in [9.17, 15) is 0 Å². The second-order valence-corrected chi connectivity index (χ2v) is 7.99. The number of tetrazole rings is 1. The van der Waals surface area contributed by atoms with Crippen LogP contribution in [-0.2, 0) is 6.54 Å². The lowest BCUT2D eigenvalue weighted by molar-refractivity contribution is 0.134. The zero-order valence-electron chi connectivity index (χ0n) is 16.5. The highest BCUT2D eigenvalue weighted by Gasteiger charge is 2.31. The van der Waals surface area contributed by atoms with Crippen LogP contribution in [0.5, 0.6) is 0 Å². The molecule has 0 spiro atoms. The number of aryl methyl sites for hydroxylation is 1. The van der Waals surface area contributed by atoms with Gasteiger partial charge in [-0.2, -0.15) is 0 Å². The largest absolute Gasteiger partial charge is 0.369 e. The molecular weight excluding hydrogens is 324 g/mol. The molecule has 0 unspecified atom stereocenters. The number of aromatic nitrogens is 4. The third kappa shape index (κ3) is 4.41. The Bertz CT molecular complexity index is 658. The van der Waals surface area contributed by atoms with Gasteiger partial charge in [0.1, 0.15) is 0 Å². The van der Waals surface area contributed by atoms with Crippen LogP contribution >= 0.6 is 0 Å². The lowest BCUT2D eigenvalue weighted by Gasteiger charge is -2.41. The summed E-state index contributed by atoms with van der Waals surface area (Å²) in [5, 5.41) is 12.7. The first-order chi connectivity index (χ1) is 12.6. The van der Waals surface area contributed by atoms with Gasteiger partial charge in [-0.3, -0.25) is 4.90 Å². The standard InChI is InChI=1S/C20H32N6/c1-16(2)10-11-26-20(21-22-23-26)19(17(3)4)25-14-12-24(13-15-25)18-8-6-5-7-9-18/h5-9,16-17,19H,10-15H2,1-4H3/t19-/m1/s1. The molecule has 1 fully saturated rings. The SMILES string of the molecule is CC(C)CCn1nnnc1[C@@H](C(C)C)N1CCN(c2ccccc2)CC1. The van der Waals surface area contributed by atoms with E-state index in [4.69, 9.17) is 0 Å². The summed E-state index contributed by atoms with van der Waals surface area (Å²) in [6, 6.07) is 11.0. The number of anilines is 1. The van der Waals surface area contributed by atoms with E-state index < -0.39 is 0 Å². The summed E-state index contributed by atoms with van der Waals surface area (Å²) in [5.41, 5.74) is 1.31. The summed E-state index contributed by atoms with van der Waals surface area (Å²) in [6.07, 6.45) is 1.10. The normalized spacial score (nSPS) is 17.2. The van der Waals surface area contributed by atoms with Crippen molar-refractivity contribution in [1.82, 2.24) is 25.1 Å². The minimum atomic E-state index is 0.273. The third-order valence-corrected chi connectivity index (χ3v) is 5.20. The number of hydrogen-bond acceptors (Lipinski definition) is 5. The molecule has 0 radical (unpaired) electrons. The molecule has 1 saturated heterocycles. The Hall–Kier alpha value is -1.95. The number of benzene rings is 1. The Morgan fingerprint density at radius 3 is 2.27 bits per heavy atom. The van der Waals surface area contributed by atoms with E-state index >= 15 is 0 Å². The quantitative estimate of drug-likeness (QED) is 0.762. The molecule has 6 heteroatoms. The lowest BCUT2D eigenvalue weighted by Crippen LogP contribution is -2.49. The van der Waals surface area contributed by atoms with Crippen molar-refractivity contribution in [3.63, 3.8) is 0 Å². The van der Waals surface area contributed by atoms with E-state index in [1.54, 1.807) is 0 Å². The molecule has 1 aliphatic heterocycles. The fourth-order valence-electron chi connectivity index (χ4n) is 3.74. The van der Waals surface area contributed by atoms with Gasteiger partial charge >= 0.3 is 0 Å². The highest BCUT2D eigenvalue weighted by Crippen LogP contribution is 2.29. The van der Waals surface area contributed by atoms with Crippen LogP contribution in [0.25, 0.3) is 0 Å². The number of nitrogens with zero attached hydrogens (tertiary/aromatic N) is 6. The second-order valence-electron chi connectivity index (χ2n) is 7.99. The highest BCUT2D eigenvalue weighted by atomic mass is 15.6. The van der Waals surface area contributed by atoms with Gasteiger partial charge in [0, 0.05) is 38.4 Å². The van der Waals surface area contributed by atoms with E-state index in [0.29, 0.717) is 11.8 Å². The van der Waals surface area contributed by atoms with E-state index in [2.05, 4.69) is 83.4 Å². The summed E-state index contributed by atoms with van der Waals surface area (Å²) >= 11 is 0. The van der Waals surface area contributed by atoms with Gasteiger partial charge in [0.05, 0.1) is 6.04 Å². The predicted molar refractivity (Wildman–Crippen MR) is 105 cm³/mol. The summed E-state index contributed by atoms with van der Waals surface area (Å²) in [5.74, 6) is 2.15. The Balaban J connectivity index is 1.69. The summed E-state index contributed by atoms with van der Waals surface area (Å²) < 4.78 is 2.02. The van der Waals surface area contributed by atoms with Crippen LogP contribution in [0.4, 0.5) is 5.69 Å². The van der Waals surface area contributed by atoms with E-state index in [1.807, 2.05) is 4.68 Å². The average Bonchev–Trinajstić information content (AvgIpc) is 3.09. The van der Waals surface area contributed by atoms with Crippen molar-refractivity contribution in [2.24, 2.45) is 11.8 Å². The lowest BCUT2D eigenvalue weighted by atomic mass is 10.0. The van der Waals surface area contributed by atoms with Crippen molar-refractivity contribution < 1.29 is 0 Å². The molecule has 0 bridgehead atoms. The predicted octanol–water partition coefficient (Wildman–Crippen LogP) is 3.24. The Morgan fingerprint density at radius 2 is 1.65 bits per heavy atom. The van der Waals surface area contributed by atoms with Crippen LogP contribution < -0.4 is 4.90 Å². The van der Waals surface area contributed by atoms with Gasteiger partial charge in [-0.05, 0) is 40.8 Å². The maximum atomic E-state index is 4.41. The van der Waals surface area contributed by atoms with Crippen LogP contribution in [0.2, 0.25) is 0 Å². The maximum Gasteiger partial charge on any atom is 0.168 e. The number of para-hydroxylation sites is 1. The first-order valence-electron chi connectivity index (χ1n) is 9.86. The van der Waals surface area contributed by atoms with E-state index in [0.717, 1.165) is 45.0 Å². The summed E-state index contributed by atoms with van der Waals surface area (Å²) in [7, 11) is 0. The van der Waals surface area contributed by atoms with Crippen molar-refractivity contribution in [3.8, 4) is 0 Å². The monoisotopic (exact) mass is 356 g/mol. The molecule has 1 aliphatic rings. The molecule has 142 valence electrons. The molecule has 2 heterocycles. The van der Waals surface area contributed by atoms with Crippen LogP contribution in [0, 0.1) is 11.8 Å². The van der Waals surface area contributed by atoms with E-state index in [-0.39, 0.29) is 6.04 Å². The van der Waals surface area contributed by atoms with Crippen LogP contribution in [0.15, 0.2) is 30.3 Å². The molecule has 0 saturated carbocycles. The first kappa shape index (κ1) is 18.8. The van der Waals surface area contributed by atoms with Crippen molar-refractivity contribution in [3.05, 3.63) is 36.2 Å². The van der Waals surface area contributed by atoms with Crippen molar-refractivity contribution >= 4 is 5.69 Å². The molecule has 1 aromatic carbocycles. The third-order valence-electron chi connectivity index (χ3n) is 5.20. The molecule has 0 amide bonds. The van der Waals surface area contributed by atoms with Crippen molar-refractivity contribution in [2.75, 3.05) is 31.1 Å². The van der Waals surface area contributed by atoms with E-state index in [1.165, 1.54) is 5.69 Å². The second kappa shape index (κ2) is 8.62. The molecule has 1 atom stereocenters. The summed E-state index contributed by atoms with van der Waals surface area (Å²) in [4.78, 5) is 5.03. The van der Waals surface area contributed by atoms with Crippen LogP contribution in [0.1, 0.15) is 46.0 Å². The molecule has 0 aliphatic carbocycles. The number of rotatable bonds is 7. The Morgan fingerprint density at radius 1 is 0.962 bits per heavy atom. The fraction of sp³-hybridized carbons (Fsp3) is 0.650. The summed E-state index contributed by atoms with van der Waals surface area (Å²) in [6.45, 7) is 14.1. The van der Waals surface area contributed by atoms with Gasteiger partial charge in [-0.15, -0.1) is 5.10 Å². The first-order valence-corrected chi connectivity index (χ1v) is 9.86. The molecule has 3 rings (SSSR count).